The zero-order valence-electron chi connectivity index (χ0n) is 13.5. The summed E-state index contributed by atoms with van der Waals surface area (Å²) in [4.78, 5) is 11.8. The summed E-state index contributed by atoms with van der Waals surface area (Å²) in [5.74, 6) is 2.08. The van der Waals surface area contributed by atoms with Gasteiger partial charge in [-0.3, -0.25) is 0 Å². The molecule has 1 aliphatic rings. The fraction of sp³-hybridized carbons (Fsp3) is 0.278. The number of hydrogen-bond donors (Lipinski definition) is 2. The van der Waals surface area contributed by atoms with Crippen molar-refractivity contribution in [3.63, 3.8) is 0 Å². The van der Waals surface area contributed by atoms with Crippen molar-refractivity contribution >= 4 is 6.03 Å². The van der Waals surface area contributed by atoms with Crippen LogP contribution in [0.15, 0.2) is 42.5 Å². The molecular weight excluding hydrogens is 308 g/mol. The summed E-state index contributed by atoms with van der Waals surface area (Å²) in [7, 11) is 0. The fourth-order valence-electron chi connectivity index (χ4n) is 2.37. The molecule has 6 heteroatoms. The largest absolute Gasteiger partial charge is 0.492 e. The van der Waals surface area contributed by atoms with Crippen LogP contribution in [0.1, 0.15) is 11.1 Å². The van der Waals surface area contributed by atoms with E-state index in [0.29, 0.717) is 31.2 Å². The highest BCUT2D eigenvalue weighted by Crippen LogP contribution is 2.34. The van der Waals surface area contributed by atoms with Crippen LogP contribution in [0.2, 0.25) is 0 Å². The number of fused-ring (bicyclic) bond motifs is 1. The number of rotatable bonds is 6. The van der Waals surface area contributed by atoms with Crippen LogP contribution in [-0.4, -0.2) is 26.0 Å². The molecule has 0 saturated heterocycles. The van der Waals surface area contributed by atoms with E-state index in [9.17, 15) is 4.79 Å². The first-order chi connectivity index (χ1) is 11.7. The third kappa shape index (κ3) is 4.32. The van der Waals surface area contributed by atoms with E-state index in [1.807, 2.05) is 37.3 Å². The second-order valence-electron chi connectivity index (χ2n) is 5.46. The first-order valence-corrected chi connectivity index (χ1v) is 7.80. The van der Waals surface area contributed by atoms with Gasteiger partial charge in [0, 0.05) is 12.6 Å². The lowest BCUT2D eigenvalue weighted by Gasteiger charge is -2.10. The highest BCUT2D eigenvalue weighted by atomic mass is 16.7. The van der Waals surface area contributed by atoms with Crippen molar-refractivity contribution in [3.8, 4) is 17.2 Å². The number of amides is 2. The molecule has 0 aliphatic carbocycles. The maximum absolute atomic E-state index is 11.8. The molecule has 126 valence electrons. The number of nitrogens with one attached hydrogen (secondary N) is 2. The van der Waals surface area contributed by atoms with Gasteiger partial charge in [0.1, 0.15) is 12.4 Å². The normalized spacial score (nSPS) is 11.9. The minimum absolute atomic E-state index is 0.217. The summed E-state index contributed by atoms with van der Waals surface area (Å²) < 4.78 is 16.1. The van der Waals surface area contributed by atoms with Gasteiger partial charge in [0.2, 0.25) is 6.79 Å². The Morgan fingerprint density at radius 1 is 1.12 bits per heavy atom. The Morgan fingerprint density at radius 3 is 2.88 bits per heavy atom. The van der Waals surface area contributed by atoms with E-state index in [0.717, 1.165) is 11.3 Å². The summed E-state index contributed by atoms with van der Waals surface area (Å²) in [6, 6.07) is 13.2. The molecule has 0 fully saturated rings. The molecule has 0 aromatic heterocycles. The fourth-order valence-corrected chi connectivity index (χ4v) is 2.37. The number of aryl methyl sites for hydroxylation is 1. The van der Waals surface area contributed by atoms with Crippen molar-refractivity contribution in [2.24, 2.45) is 0 Å². The van der Waals surface area contributed by atoms with Gasteiger partial charge in [-0.15, -0.1) is 0 Å². The predicted octanol–water partition coefficient (Wildman–Crippen LogP) is 2.60. The van der Waals surface area contributed by atoms with Crippen LogP contribution in [0, 0.1) is 6.92 Å². The highest BCUT2D eigenvalue weighted by molar-refractivity contribution is 5.73. The standard InChI is InChI=1S/C18H20N2O4/c1-13-3-2-4-14(9-13)11-20-18(21)19-7-8-22-15-5-6-16-17(10-15)24-12-23-16/h2-6,9-10H,7-8,11-12H2,1H3,(H2,19,20,21). The number of ether oxygens (including phenoxy) is 3. The van der Waals surface area contributed by atoms with Crippen LogP contribution in [0.4, 0.5) is 4.79 Å². The molecule has 0 bridgehead atoms. The molecule has 2 aromatic carbocycles. The van der Waals surface area contributed by atoms with Gasteiger partial charge in [0.25, 0.3) is 0 Å². The second kappa shape index (κ2) is 7.59. The van der Waals surface area contributed by atoms with E-state index in [1.54, 1.807) is 12.1 Å². The van der Waals surface area contributed by atoms with Crippen LogP contribution >= 0.6 is 0 Å². The summed E-state index contributed by atoms with van der Waals surface area (Å²) in [6.45, 7) is 3.54. The number of carbonyl (C=O) groups excluding carboxylic acids is 1. The molecule has 0 saturated carbocycles. The first-order valence-electron chi connectivity index (χ1n) is 7.80. The highest BCUT2D eigenvalue weighted by Gasteiger charge is 2.13. The first kappa shape index (κ1) is 16.0. The number of carbonyl (C=O) groups is 1. The molecular formula is C18H20N2O4. The van der Waals surface area contributed by atoms with Gasteiger partial charge in [-0.1, -0.05) is 29.8 Å². The molecule has 3 rings (SSSR count). The maximum Gasteiger partial charge on any atom is 0.315 e. The van der Waals surface area contributed by atoms with Crippen molar-refractivity contribution in [2.45, 2.75) is 13.5 Å². The third-order valence-corrected chi connectivity index (χ3v) is 3.54. The van der Waals surface area contributed by atoms with E-state index < -0.39 is 0 Å². The van der Waals surface area contributed by atoms with Crippen LogP contribution in [0.3, 0.4) is 0 Å². The summed E-state index contributed by atoms with van der Waals surface area (Å²) >= 11 is 0. The Kier molecular flexibility index (Phi) is 5.05. The Morgan fingerprint density at radius 2 is 2.00 bits per heavy atom. The molecule has 24 heavy (non-hydrogen) atoms. The van der Waals surface area contributed by atoms with Crippen LogP contribution in [0.5, 0.6) is 17.2 Å². The molecule has 1 aliphatic heterocycles. The summed E-state index contributed by atoms with van der Waals surface area (Å²) in [6.07, 6.45) is 0. The van der Waals surface area contributed by atoms with E-state index >= 15 is 0 Å². The minimum Gasteiger partial charge on any atom is -0.492 e. The second-order valence-corrected chi connectivity index (χ2v) is 5.46. The molecule has 0 atom stereocenters. The Labute approximate surface area is 140 Å². The lowest BCUT2D eigenvalue weighted by molar-refractivity contribution is 0.173. The molecule has 2 N–H and O–H groups in total. The monoisotopic (exact) mass is 328 g/mol. The van der Waals surface area contributed by atoms with Crippen LogP contribution in [0.25, 0.3) is 0 Å². The molecule has 0 spiro atoms. The molecule has 1 heterocycles. The topological polar surface area (TPSA) is 68.8 Å². The van der Waals surface area contributed by atoms with Crippen molar-refractivity contribution in [2.75, 3.05) is 19.9 Å². The molecule has 2 aromatic rings. The molecule has 6 nitrogen and oxygen atoms in total. The zero-order chi connectivity index (χ0) is 16.8. The summed E-state index contributed by atoms with van der Waals surface area (Å²) in [5.41, 5.74) is 2.24. The van der Waals surface area contributed by atoms with Gasteiger partial charge in [-0.05, 0) is 24.6 Å². The van der Waals surface area contributed by atoms with Gasteiger partial charge in [0.15, 0.2) is 11.5 Å². The third-order valence-electron chi connectivity index (χ3n) is 3.54. The molecule has 0 radical (unpaired) electrons. The van der Waals surface area contributed by atoms with Crippen LogP contribution in [-0.2, 0) is 6.54 Å². The Balaban J connectivity index is 1.35. The smallest absolute Gasteiger partial charge is 0.315 e. The van der Waals surface area contributed by atoms with Gasteiger partial charge in [0.05, 0.1) is 6.54 Å². The maximum atomic E-state index is 11.8. The number of benzene rings is 2. The van der Waals surface area contributed by atoms with E-state index in [-0.39, 0.29) is 12.8 Å². The zero-order valence-corrected chi connectivity index (χ0v) is 13.5. The lowest BCUT2D eigenvalue weighted by atomic mass is 10.1. The Bertz CT molecular complexity index is 718. The van der Waals surface area contributed by atoms with E-state index in [4.69, 9.17) is 14.2 Å². The van der Waals surface area contributed by atoms with Gasteiger partial charge >= 0.3 is 6.03 Å². The van der Waals surface area contributed by atoms with E-state index in [2.05, 4.69) is 10.6 Å². The lowest BCUT2D eigenvalue weighted by Crippen LogP contribution is -2.37. The number of hydrogen-bond acceptors (Lipinski definition) is 4. The van der Waals surface area contributed by atoms with Gasteiger partial charge in [-0.2, -0.15) is 0 Å². The quantitative estimate of drug-likeness (QED) is 0.800. The SMILES string of the molecule is Cc1cccc(CNC(=O)NCCOc2ccc3c(c2)OCO3)c1. The average molecular weight is 328 g/mol. The van der Waals surface area contributed by atoms with Crippen molar-refractivity contribution in [3.05, 3.63) is 53.6 Å². The summed E-state index contributed by atoms with van der Waals surface area (Å²) in [5, 5.41) is 5.58. The van der Waals surface area contributed by atoms with E-state index in [1.165, 1.54) is 5.56 Å². The van der Waals surface area contributed by atoms with Crippen molar-refractivity contribution in [1.29, 1.82) is 0 Å². The van der Waals surface area contributed by atoms with Crippen molar-refractivity contribution in [1.82, 2.24) is 10.6 Å². The number of urea groups is 1. The molecule has 0 unspecified atom stereocenters. The minimum atomic E-state index is -0.217. The molecule has 2 amide bonds. The average Bonchev–Trinajstić information content (AvgIpc) is 3.05. The van der Waals surface area contributed by atoms with Crippen LogP contribution < -0.4 is 24.8 Å². The van der Waals surface area contributed by atoms with Crippen molar-refractivity contribution < 1.29 is 19.0 Å². The van der Waals surface area contributed by atoms with Gasteiger partial charge in [-0.25, -0.2) is 4.79 Å². The van der Waals surface area contributed by atoms with Gasteiger partial charge < -0.3 is 24.8 Å². The predicted molar refractivity (Wildman–Crippen MR) is 89.5 cm³/mol. The Hall–Kier alpha value is -2.89.